The number of aryl methyl sites for hydroxylation is 1. The first-order valence-electron chi connectivity index (χ1n) is 10.3. The second-order valence-electron chi connectivity index (χ2n) is 7.75. The number of alkyl halides is 3. The molecule has 2 heterocycles. The molecule has 0 saturated carbocycles. The molecule has 2 aromatic carbocycles. The lowest BCUT2D eigenvalue weighted by atomic mass is 10.1. The van der Waals surface area contributed by atoms with Crippen molar-refractivity contribution >= 4 is 35.1 Å². The summed E-state index contributed by atoms with van der Waals surface area (Å²) in [4.78, 5) is 37.2. The molecule has 0 atom stereocenters. The highest BCUT2D eigenvalue weighted by atomic mass is 19.4. The predicted octanol–water partition coefficient (Wildman–Crippen LogP) is 4.67. The monoisotopic (exact) mass is 470 g/mol. The fraction of sp³-hybridized carbons (Fsp3) is 0.217. The summed E-state index contributed by atoms with van der Waals surface area (Å²) in [5.74, 6) is 0.191. The van der Waals surface area contributed by atoms with Gasteiger partial charge in [-0.3, -0.25) is 14.6 Å². The fourth-order valence-corrected chi connectivity index (χ4v) is 3.64. The molecule has 0 saturated heterocycles. The van der Waals surface area contributed by atoms with Crippen molar-refractivity contribution < 1.29 is 22.8 Å². The molecule has 176 valence electrons. The van der Waals surface area contributed by atoms with E-state index in [-0.39, 0.29) is 18.1 Å². The third-order valence-corrected chi connectivity index (χ3v) is 5.44. The number of aromatic nitrogens is 2. The van der Waals surface area contributed by atoms with Crippen LogP contribution in [-0.4, -0.2) is 36.0 Å². The Hall–Kier alpha value is -4.15. The van der Waals surface area contributed by atoms with Gasteiger partial charge in [0.25, 0.3) is 5.91 Å². The molecule has 1 aliphatic rings. The third-order valence-electron chi connectivity index (χ3n) is 5.44. The average molecular weight is 470 g/mol. The summed E-state index contributed by atoms with van der Waals surface area (Å²) < 4.78 is 39.0. The minimum Gasteiger partial charge on any atom is -0.357 e. The molecule has 4 rings (SSSR count). The van der Waals surface area contributed by atoms with Crippen LogP contribution in [0.5, 0.6) is 0 Å². The lowest BCUT2D eigenvalue weighted by Crippen LogP contribution is -2.46. The number of nitrogens with zero attached hydrogens (tertiary/aromatic N) is 4. The summed E-state index contributed by atoms with van der Waals surface area (Å²) in [7, 11) is 3.29. The van der Waals surface area contributed by atoms with E-state index in [0.29, 0.717) is 23.1 Å². The molecule has 0 aliphatic carbocycles. The van der Waals surface area contributed by atoms with Crippen molar-refractivity contribution in [3.05, 3.63) is 70.9 Å². The van der Waals surface area contributed by atoms with E-state index in [1.54, 1.807) is 38.5 Å². The maximum Gasteiger partial charge on any atom is 0.416 e. The van der Waals surface area contributed by atoms with Crippen LogP contribution in [0.3, 0.4) is 0 Å². The van der Waals surface area contributed by atoms with Crippen LogP contribution in [0, 0.1) is 6.92 Å². The van der Waals surface area contributed by atoms with Gasteiger partial charge in [0.1, 0.15) is 5.82 Å². The largest absolute Gasteiger partial charge is 0.416 e. The number of hydrogen-bond acceptors (Lipinski definition) is 5. The Balaban J connectivity index is 1.61. The van der Waals surface area contributed by atoms with Crippen molar-refractivity contribution in [2.45, 2.75) is 19.6 Å². The summed E-state index contributed by atoms with van der Waals surface area (Å²) in [5.41, 5.74) is 1.35. The Morgan fingerprint density at radius 3 is 2.62 bits per heavy atom. The SMILES string of the molecule is CNc1ncc2c(n1)N(C)C(=O)N(c1cc(NC(=O)c3cccc(C(F)(F)F)c3)ccc1C)C2. The molecular formula is C23H21F3N6O2. The quantitative estimate of drug-likeness (QED) is 0.578. The fourth-order valence-electron chi connectivity index (χ4n) is 3.64. The number of carbonyl (C=O) groups is 2. The average Bonchev–Trinajstić information content (AvgIpc) is 2.82. The molecule has 0 spiro atoms. The summed E-state index contributed by atoms with van der Waals surface area (Å²) >= 11 is 0. The first-order valence-corrected chi connectivity index (χ1v) is 10.3. The number of urea groups is 1. The molecule has 11 heteroatoms. The van der Waals surface area contributed by atoms with Gasteiger partial charge in [-0.2, -0.15) is 18.2 Å². The predicted molar refractivity (Wildman–Crippen MR) is 122 cm³/mol. The van der Waals surface area contributed by atoms with Gasteiger partial charge in [-0.15, -0.1) is 0 Å². The van der Waals surface area contributed by atoms with E-state index in [4.69, 9.17) is 0 Å². The highest BCUT2D eigenvalue weighted by Gasteiger charge is 2.32. The van der Waals surface area contributed by atoms with Crippen LogP contribution in [0.15, 0.2) is 48.7 Å². The summed E-state index contributed by atoms with van der Waals surface area (Å²) in [5, 5.41) is 5.45. The molecule has 8 nitrogen and oxygen atoms in total. The van der Waals surface area contributed by atoms with Crippen molar-refractivity contribution in [1.82, 2.24) is 9.97 Å². The molecule has 34 heavy (non-hydrogen) atoms. The molecule has 0 unspecified atom stereocenters. The number of carbonyl (C=O) groups excluding carboxylic acids is 2. The Morgan fingerprint density at radius 1 is 1.15 bits per heavy atom. The van der Waals surface area contributed by atoms with Gasteiger partial charge < -0.3 is 10.6 Å². The Bertz CT molecular complexity index is 1280. The molecule has 0 fully saturated rings. The van der Waals surface area contributed by atoms with Gasteiger partial charge in [-0.05, 0) is 42.8 Å². The first kappa shape index (κ1) is 23.0. The van der Waals surface area contributed by atoms with E-state index in [1.807, 2.05) is 6.92 Å². The summed E-state index contributed by atoms with van der Waals surface area (Å²) in [6.45, 7) is 2.03. The maximum absolute atomic E-state index is 13.1. The van der Waals surface area contributed by atoms with Crippen molar-refractivity contribution in [2.24, 2.45) is 0 Å². The second-order valence-corrected chi connectivity index (χ2v) is 7.75. The van der Waals surface area contributed by atoms with Crippen molar-refractivity contribution in [2.75, 3.05) is 34.5 Å². The molecule has 1 aliphatic heterocycles. The number of anilines is 4. The number of hydrogen-bond donors (Lipinski definition) is 2. The van der Waals surface area contributed by atoms with Crippen LogP contribution >= 0.6 is 0 Å². The van der Waals surface area contributed by atoms with Crippen LogP contribution < -0.4 is 20.4 Å². The zero-order valence-electron chi connectivity index (χ0n) is 18.6. The minimum absolute atomic E-state index is 0.128. The molecule has 0 bridgehead atoms. The standard InChI is InChI=1S/C23H21F3N6O2/c1-13-7-8-17(29-20(33)14-5-4-6-16(9-14)23(24,25)26)10-18(13)32-12-15-11-28-21(27-2)30-19(15)31(3)22(32)34/h4-11H,12H2,1-3H3,(H,29,33)(H,27,28,30). The molecular weight excluding hydrogens is 449 g/mol. The normalized spacial score (nSPS) is 13.5. The van der Waals surface area contributed by atoms with Crippen molar-refractivity contribution in [3.8, 4) is 0 Å². The number of amides is 3. The van der Waals surface area contributed by atoms with E-state index in [1.165, 1.54) is 21.9 Å². The van der Waals surface area contributed by atoms with Gasteiger partial charge in [-0.1, -0.05) is 12.1 Å². The zero-order chi connectivity index (χ0) is 24.6. The molecule has 0 radical (unpaired) electrons. The van der Waals surface area contributed by atoms with Gasteiger partial charge in [0.2, 0.25) is 5.95 Å². The molecule has 1 aromatic heterocycles. The lowest BCUT2D eigenvalue weighted by molar-refractivity contribution is -0.137. The smallest absolute Gasteiger partial charge is 0.357 e. The number of halogens is 3. The highest BCUT2D eigenvalue weighted by molar-refractivity contribution is 6.07. The van der Waals surface area contributed by atoms with Crippen LogP contribution in [0.2, 0.25) is 0 Å². The number of benzene rings is 2. The molecule has 3 amide bonds. The highest BCUT2D eigenvalue weighted by Crippen LogP contribution is 2.33. The zero-order valence-corrected chi connectivity index (χ0v) is 18.6. The Kier molecular flexibility index (Phi) is 5.86. The van der Waals surface area contributed by atoms with E-state index in [0.717, 1.165) is 23.3 Å². The van der Waals surface area contributed by atoms with Gasteiger partial charge in [0.15, 0.2) is 0 Å². The van der Waals surface area contributed by atoms with E-state index >= 15 is 0 Å². The lowest BCUT2D eigenvalue weighted by Gasteiger charge is -2.35. The van der Waals surface area contributed by atoms with Gasteiger partial charge in [0.05, 0.1) is 17.8 Å². The molecule has 2 N–H and O–H groups in total. The second kappa shape index (κ2) is 8.65. The number of rotatable bonds is 4. The molecule has 3 aromatic rings. The van der Waals surface area contributed by atoms with Crippen molar-refractivity contribution in [1.29, 1.82) is 0 Å². The maximum atomic E-state index is 13.1. The van der Waals surface area contributed by atoms with Crippen LogP contribution in [-0.2, 0) is 12.7 Å². The summed E-state index contributed by atoms with van der Waals surface area (Å²) in [6, 6.07) is 8.82. The van der Waals surface area contributed by atoms with Gasteiger partial charge >= 0.3 is 12.2 Å². The van der Waals surface area contributed by atoms with Crippen molar-refractivity contribution in [3.63, 3.8) is 0 Å². The topological polar surface area (TPSA) is 90.5 Å². The number of fused-ring (bicyclic) bond motifs is 1. The Labute approximate surface area is 193 Å². The van der Waals surface area contributed by atoms with Gasteiger partial charge in [-0.25, -0.2) is 9.78 Å². The van der Waals surface area contributed by atoms with E-state index < -0.39 is 17.6 Å². The number of nitrogens with one attached hydrogen (secondary N) is 2. The third kappa shape index (κ3) is 4.36. The first-order chi connectivity index (χ1) is 16.1. The van der Waals surface area contributed by atoms with Gasteiger partial charge in [0, 0.05) is 37.1 Å². The van der Waals surface area contributed by atoms with E-state index in [9.17, 15) is 22.8 Å². The minimum atomic E-state index is -4.55. The van der Waals surface area contributed by atoms with E-state index in [2.05, 4.69) is 20.6 Å². The summed E-state index contributed by atoms with van der Waals surface area (Å²) in [6.07, 6.45) is -2.92. The Morgan fingerprint density at radius 2 is 1.91 bits per heavy atom. The van der Waals surface area contributed by atoms with Crippen LogP contribution in [0.25, 0.3) is 0 Å². The van der Waals surface area contributed by atoms with Crippen LogP contribution in [0.1, 0.15) is 27.0 Å². The van der Waals surface area contributed by atoms with Crippen LogP contribution in [0.4, 0.5) is 41.1 Å².